The second kappa shape index (κ2) is 11.4. The molecular formula is C34H30W2. The molecule has 0 aliphatic heterocycles. The minimum absolute atomic E-state index is 0. The summed E-state index contributed by atoms with van der Waals surface area (Å²) >= 11 is 0. The zero-order valence-electron chi connectivity index (χ0n) is 21.4. The Hall–Kier alpha value is -2.26. The maximum atomic E-state index is 4.20. The second-order valence-electron chi connectivity index (χ2n) is 9.76. The molecular weight excluding hydrogens is 776 g/mol. The van der Waals surface area contributed by atoms with E-state index in [1.54, 1.807) is 0 Å². The van der Waals surface area contributed by atoms with E-state index in [1.807, 2.05) is 6.07 Å². The van der Waals surface area contributed by atoms with Gasteiger partial charge in [0.15, 0.2) is 0 Å². The van der Waals surface area contributed by atoms with Gasteiger partial charge in [0.05, 0.1) is 0 Å². The van der Waals surface area contributed by atoms with Crippen LogP contribution >= 0.6 is 0 Å². The van der Waals surface area contributed by atoms with Gasteiger partial charge in [-0.15, -0.1) is 91.5 Å². The van der Waals surface area contributed by atoms with E-state index in [1.165, 1.54) is 66.1 Å². The molecule has 6 rings (SSSR count). The number of fused-ring (bicyclic) bond motifs is 6. The van der Waals surface area contributed by atoms with Crippen molar-refractivity contribution in [3.8, 4) is 11.1 Å². The first-order valence-corrected chi connectivity index (χ1v) is 11.9. The van der Waals surface area contributed by atoms with Gasteiger partial charge in [-0.3, -0.25) is 0 Å². The average molecular weight is 806 g/mol. The summed E-state index contributed by atoms with van der Waals surface area (Å²) in [6.45, 7) is 16.8. The van der Waals surface area contributed by atoms with E-state index in [-0.39, 0.29) is 42.1 Å². The van der Waals surface area contributed by atoms with E-state index in [4.69, 9.17) is 0 Å². The normalized spacial score (nSPS) is 11.4. The van der Waals surface area contributed by atoms with Crippen molar-refractivity contribution in [2.45, 2.75) is 40.5 Å². The number of benzene rings is 5. The largest absolute Gasteiger partial charge is 2.00 e. The zero-order chi connectivity index (χ0) is 24.0. The van der Waals surface area contributed by atoms with Crippen LogP contribution in [0.1, 0.15) is 44.5 Å². The van der Waals surface area contributed by atoms with Crippen LogP contribution in [0.3, 0.4) is 0 Å². The van der Waals surface area contributed by atoms with Crippen molar-refractivity contribution in [1.82, 2.24) is 0 Å². The Labute approximate surface area is 245 Å². The van der Waals surface area contributed by atoms with Gasteiger partial charge >= 0.3 is 42.1 Å². The van der Waals surface area contributed by atoms with Gasteiger partial charge < -0.3 is 0 Å². The van der Waals surface area contributed by atoms with Crippen LogP contribution in [0.5, 0.6) is 0 Å². The molecule has 0 atom stereocenters. The Morgan fingerprint density at radius 1 is 0.611 bits per heavy atom. The number of hydrogen-bond donors (Lipinski definition) is 0. The number of rotatable bonds is 0. The Morgan fingerprint density at radius 2 is 1.17 bits per heavy atom. The summed E-state index contributed by atoms with van der Waals surface area (Å²) in [5, 5.41) is 4.90. The van der Waals surface area contributed by atoms with E-state index < -0.39 is 0 Å². The summed E-state index contributed by atoms with van der Waals surface area (Å²) in [4.78, 5) is 0. The molecule has 178 valence electrons. The first-order valence-electron chi connectivity index (χ1n) is 11.9. The average Bonchev–Trinajstić information content (AvgIpc) is 2.78. The maximum Gasteiger partial charge on any atom is 2.00 e. The molecule has 5 aromatic rings. The summed E-state index contributed by atoms with van der Waals surface area (Å²) in [5.74, 6) is 0. The SMILES string of the molecule is [CH2-]c1cc(C)cc2c1-c1[c-]cc(C)cc1CC2.[CH2-]c1cc(C)cc2ccc3cc(C)c[c-]c3c12.[W+2].[W+2]. The fourth-order valence-corrected chi connectivity index (χ4v) is 5.31. The third-order valence-corrected chi connectivity index (χ3v) is 6.73. The molecule has 1 aliphatic rings. The summed E-state index contributed by atoms with van der Waals surface area (Å²) in [6, 6.07) is 28.6. The smallest absolute Gasteiger partial charge is 0.195 e. The van der Waals surface area contributed by atoms with Crippen molar-refractivity contribution < 1.29 is 42.1 Å². The van der Waals surface area contributed by atoms with Gasteiger partial charge in [-0.2, -0.15) is 37.1 Å². The number of aryl methyl sites for hydroxylation is 6. The van der Waals surface area contributed by atoms with Crippen LogP contribution in [0.15, 0.2) is 60.7 Å². The molecule has 2 heteroatoms. The molecule has 0 N–H and O–H groups in total. The second-order valence-corrected chi connectivity index (χ2v) is 9.76. The van der Waals surface area contributed by atoms with Gasteiger partial charge in [-0.05, 0) is 6.42 Å². The predicted octanol–water partition coefficient (Wildman–Crippen LogP) is 8.64. The van der Waals surface area contributed by atoms with Crippen LogP contribution in [0.4, 0.5) is 0 Å². The van der Waals surface area contributed by atoms with Crippen molar-refractivity contribution in [1.29, 1.82) is 0 Å². The summed E-state index contributed by atoms with van der Waals surface area (Å²) in [5.41, 5.74) is 12.8. The van der Waals surface area contributed by atoms with Crippen LogP contribution in [0.25, 0.3) is 32.7 Å². The van der Waals surface area contributed by atoms with Crippen molar-refractivity contribution >= 4 is 21.5 Å². The predicted molar refractivity (Wildman–Crippen MR) is 146 cm³/mol. The molecule has 1 aliphatic carbocycles. The monoisotopic (exact) mass is 806 g/mol. The third-order valence-electron chi connectivity index (χ3n) is 6.73. The molecule has 0 nitrogen and oxygen atoms in total. The van der Waals surface area contributed by atoms with Gasteiger partial charge in [0.2, 0.25) is 0 Å². The van der Waals surface area contributed by atoms with Crippen LogP contribution < -0.4 is 0 Å². The molecule has 0 unspecified atom stereocenters. The van der Waals surface area contributed by atoms with E-state index in [0.717, 1.165) is 24.0 Å². The van der Waals surface area contributed by atoms with Crippen molar-refractivity contribution in [3.05, 3.63) is 131 Å². The molecule has 0 radical (unpaired) electrons. The minimum atomic E-state index is 0. The van der Waals surface area contributed by atoms with E-state index in [0.29, 0.717) is 0 Å². The molecule has 0 saturated heterocycles. The molecule has 0 heterocycles. The summed E-state index contributed by atoms with van der Waals surface area (Å²) in [7, 11) is 0. The molecule has 0 bridgehead atoms. The first kappa shape index (κ1) is 28.3. The fourth-order valence-electron chi connectivity index (χ4n) is 5.31. The van der Waals surface area contributed by atoms with Gasteiger partial charge in [0, 0.05) is 0 Å². The minimum Gasteiger partial charge on any atom is -0.195 e. The zero-order valence-corrected chi connectivity index (χ0v) is 27.3. The molecule has 5 aromatic carbocycles. The summed E-state index contributed by atoms with van der Waals surface area (Å²) in [6.07, 6.45) is 2.26. The van der Waals surface area contributed by atoms with Gasteiger partial charge in [-0.25, -0.2) is 0 Å². The first-order chi connectivity index (χ1) is 16.3. The van der Waals surface area contributed by atoms with E-state index in [9.17, 15) is 0 Å². The Balaban J connectivity index is 0.000000190. The van der Waals surface area contributed by atoms with Crippen LogP contribution in [-0.4, -0.2) is 0 Å². The van der Waals surface area contributed by atoms with E-state index >= 15 is 0 Å². The van der Waals surface area contributed by atoms with Gasteiger partial charge in [-0.1, -0.05) is 69.3 Å². The molecule has 0 amide bonds. The quantitative estimate of drug-likeness (QED) is 0.109. The van der Waals surface area contributed by atoms with E-state index in [2.05, 4.69) is 108 Å². The van der Waals surface area contributed by atoms with Crippen molar-refractivity contribution in [3.63, 3.8) is 0 Å². The van der Waals surface area contributed by atoms with Crippen molar-refractivity contribution in [2.75, 3.05) is 0 Å². The van der Waals surface area contributed by atoms with Gasteiger partial charge in [0.1, 0.15) is 0 Å². The standard InChI is InChI=1S/C17H16.C17H14.2W/c2*1-11-4-7-16-14(9-11)5-6-15-10-12(2)8-13(3)17(15)16;;/h4,8-10H,3,5-6H2,1-2H3;4-6,8-10H,3H2,1-2H3;;/q2*-2;2*+2. The number of hydrogen-bond acceptors (Lipinski definition) is 0. The maximum absolute atomic E-state index is 4.20. The third kappa shape index (κ3) is 5.51. The van der Waals surface area contributed by atoms with Crippen molar-refractivity contribution in [2.24, 2.45) is 0 Å². The Kier molecular flexibility index (Phi) is 8.98. The molecule has 0 saturated carbocycles. The van der Waals surface area contributed by atoms with Crippen LogP contribution in [0, 0.1) is 53.7 Å². The Bertz CT molecular complexity index is 1560. The van der Waals surface area contributed by atoms with Gasteiger partial charge in [0.25, 0.3) is 0 Å². The topological polar surface area (TPSA) is 0 Å². The summed E-state index contributed by atoms with van der Waals surface area (Å²) < 4.78 is 0. The Morgan fingerprint density at radius 3 is 1.94 bits per heavy atom. The van der Waals surface area contributed by atoms with Crippen LogP contribution in [-0.2, 0) is 55.0 Å². The molecule has 0 aromatic heterocycles. The molecule has 0 spiro atoms. The molecule has 0 fully saturated rings. The fraction of sp³-hybridized carbons (Fsp3) is 0.176. The van der Waals surface area contributed by atoms with Crippen LogP contribution in [0.2, 0.25) is 0 Å². The molecule has 36 heavy (non-hydrogen) atoms.